The van der Waals surface area contributed by atoms with Crippen molar-refractivity contribution in [3.8, 4) is 0 Å². The van der Waals surface area contributed by atoms with Crippen molar-refractivity contribution in [3.63, 3.8) is 0 Å². The maximum atomic E-state index is 14.2. The van der Waals surface area contributed by atoms with Gasteiger partial charge >= 0.3 is 19.2 Å². The molecule has 0 aliphatic rings. The normalized spacial score (nSPS) is 16.1. The highest BCUT2D eigenvalue weighted by molar-refractivity contribution is 9.10. The SMILES string of the molecule is CCOC(=O)C(C)NP(=O)(O)C(F)(F)c1ccccc1Br. The number of benzene rings is 1. The molecule has 0 saturated carbocycles. The van der Waals surface area contributed by atoms with Gasteiger partial charge in [-0.1, -0.05) is 34.1 Å². The minimum Gasteiger partial charge on any atom is -0.465 e. The van der Waals surface area contributed by atoms with Crippen molar-refractivity contribution in [2.45, 2.75) is 25.6 Å². The Bertz CT molecular complexity index is 570. The summed E-state index contributed by atoms with van der Waals surface area (Å²) in [6, 6.07) is 3.85. The zero-order chi connectivity index (χ0) is 16.3. The van der Waals surface area contributed by atoms with Crippen LogP contribution in [0.25, 0.3) is 0 Å². The standard InChI is InChI=1S/C12H15BrF2NO4P/c1-3-20-11(17)8(2)16-21(18,19)12(14,15)9-6-4-5-7-10(9)13/h4-8H,3H2,1-2H3,(H2,16,18,19). The summed E-state index contributed by atoms with van der Waals surface area (Å²) in [5.74, 6) is -0.880. The Morgan fingerprint density at radius 1 is 1.52 bits per heavy atom. The summed E-state index contributed by atoms with van der Waals surface area (Å²) in [4.78, 5) is 21.1. The molecule has 1 aromatic rings. The van der Waals surface area contributed by atoms with Crippen molar-refractivity contribution < 1.29 is 27.8 Å². The molecule has 0 aliphatic heterocycles. The van der Waals surface area contributed by atoms with Crippen LogP contribution in [-0.2, 0) is 19.8 Å². The molecule has 0 spiro atoms. The summed E-state index contributed by atoms with van der Waals surface area (Å²) in [6.45, 7) is 2.76. The molecule has 9 heteroatoms. The molecule has 1 rings (SSSR count). The molecule has 0 radical (unpaired) electrons. The van der Waals surface area contributed by atoms with Gasteiger partial charge in [0, 0.05) is 10.0 Å². The van der Waals surface area contributed by atoms with E-state index in [0.29, 0.717) is 0 Å². The molecule has 2 N–H and O–H groups in total. The predicted octanol–water partition coefficient (Wildman–Crippen LogP) is 3.23. The average Bonchev–Trinajstić information content (AvgIpc) is 2.38. The van der Waals surface area contributed by atoms with Crippen molar-refractivity contribution >= 4 is 29.4 Å². The van der Waals surface area contributed by atoms with Crippen LogP contribution in [0.5, 0.6) is 0 Å². The summed E-state index contributed by atoms with van der Waals surface area (Å²) in [6.07, 6.45) is 0. The molecule has 118 valence electrons. The van der Waals surface area contributed by atoms with Gasteiger partial charge in [-0.3, -0.25) is 9.36 Å². The van der Waals surface area contributed by atoms with Crippen LogP contribution in [0.1, 0.15) is 19.4 Å². The summed E-state index contributed by atoms with van der Waals surface area (Å²) in [5, 5.41) is 1.77. The molecule has 2 atom stereocenters. The Labute approximate surface area is 129 Å². The predicted molar refractivity (Wildman–Crippen MR) is 77.1 cm³/mol. The van der Waals surface area contributed by atoms with Gasteiger partial charge in [0.15, 0.2) is 0 Å². The number of halogens is 3. The van der Waals surface area contributed by atoms with Crippen LogP contribution in [0.4, 0.5) is 8.78 Å². The molecule has 0 heterocycles. The average molecular weight is 386 g/mol. The van der Waals surface area contributed by atoms with Crippen LogP contribution >= 0.6 is 23.4 Å². The summed E-state index contributed by atoms with van der Waals surface area (Å²) >= 11 is 2.91. The van der Waals surface area contributed by atoms with E-state index in [2.05, 4.69) is 20.7 Å². The molecule has 0 fully saturated rings. The van der Waals surface area contributed by atoms with Crippen molar-refractivity contribution in [1.82, 2.24) is 5.09 Å². The molecule has 0 bridgehead atoms. The number of carbonyl (C=O) groups is 1. The number of hydrogen-bond acceptors (Lipinski definition) is 3. The quantitative estimate of drug-likeness (QED) is 0.580. The molecule has 5 nitrogen and oxygen atoms in total. The third-order valence-electron chi connectivity index (χ3n) is 2.59. The summed E-state index contributed by atoms with van der Waals surface area (Å²) in [5.41, 5.74) is -4.70. The van der Waals surface area contributed by atoms with Crippen LogP contribution in [0, 0.1) is 0 Å². The Morgan fingerprint density at radius 3 is 2.62 bits per heavy atom. The van der Waals surface area contributed by atoms with Gasteiger partial charge in [0.25, 0.3) is 0 Å². The van der Waals surface area contributed by atoms with Gasteiger partial charge in [0.2, 0.25) is 0 Å². The molecule has 2 unspecified atom stereocenters. The van der Waals surface area contributed by atoms with E-state index in [4.69, 9.17) is 0 Å². The van der Waals surface area contributed by atoms with E-state index < -0.39 is 30.8 Å². The van der Waals surface area contributed by atoms with Crippen LogP contribution < -0.4 is 5.09 Å². The molecular weight excluding hydrogens is 371 g/mol. The largest absolute Gasteiger partial charge is 0.465 e. The van der Waals surface area contributed by atoms with Gasteiger partial charge in [0.1, 0.15) is 6.04 Å². The zero-order valence-electron chi connectivity index (χ0n) is 11.3. The number of nitrogens with one attached hydrogen (secondary N) is 1. The van der Waals surface area contributed by atoms with Gasteiger partial charge in [-0.2, -0.15) is 8.78 Å². The lowest BCUT2D eigenvalue weighted by Crippen LogP contribution is -2.37. The van der Waals surface area contributed by atoms with E-state index in [1.165, 1.54) is 25.1 Å². The smallest absolute Gasteiger partial charge is 0.361 e. The fourth-order valence-electron chi connectivity index (χ4n) is 1.53. The van der Waals surface area contributed by atoms with Crippen molar-refractivity contribution in [3.05, 3.63) is 34.3 Å². The van der Waals surface area contributed by atoms with Gasteiger partial charge in [-0.25, -0.2) is 5.09 Å². The van der Waals surface area contributed by atoms with Crippen molar-refractivity contribution in [2.75, 3.05) is 6.61 Å². The lowest BCUT2D eigenvalue weighted by atomic mass is 10.2. The number of alkyl halides is 2. The minimum absolute atomic E-state index is 0.00476. The summed E-state index contributed by atoms with van der Waals surface area (Å²) < 4.78 is 45.1. The summed E-state index contributed by atoms with van der Waals surface area (Å²) in [7, 11) is -5.19. The van der Waals surface area contributed by atoms with Crippen LogP contribution in [0.15, 0.2) is 28.7 Å². The Hall–Kier alpha value is -0.820. The van der Waals surface area contributed by atoms with Crippen LogP contribution in [0.3, 0.4) is 0 Å². The first-order chi connectivity index (χ1) is 9.63. The lowest BCUT2D eigenvalue weighted by molar-refractivity contribution is -0.144. The molecule has 0 aromatic heterocycles. The second kappa shape index (κ2) is 6.96. The minimum atomic E-state index is -5.19. The lowest BCUT2D eigenvalue weighted by Gasteiger charge is -2.26. The molecule has 0 amide bonds. The van der Waals surface area contributed by atoms with E-state index in [1.807, 2.05) is 0 Å². The molecule has 21 heavy (non-hydrogen) atoms. The number of rotatable bonds is 6. The number of esters is 1. The highest BCUT2D eigenvalue weighted by atomic mass is 79.9. The highest BCUT2D eigenvalue weighted by Crippen LogP contribution is 2.60. The van der Waals surface area contributed by atoms with Crippen LogP contribution in [-0.4, -0.2) is 23.5 Å². The fraction of sp³-hybridized carbons (Fsp3) is 0.417. The van der Waals surface area contributed by atoms with E-state index in [-0.39, 0.29) is 11.1 Å². The first kappa shape index (κ1) is 18.2. The molecule has 0 saturated heterocycles. The Balaban J connectivity index is 3.03. The van der Waals surface area contributed by atoms with Gasteiger partial charge in [-0.05, 0) is 19.9 Å². The number of hydrogen-bond donors (Lipinski definition) is 2. The van der Waals surface area contributed by atoms with E-state index >= 15 is 0 Å². The topological polar surface area (TPSA) is 75.6 Å². The number of carbonyl (C=O) groups excluding carboxylic acids is 1. The molecule has 1 aromatic carbocycles. The first-order valence-electron chi connectivity index (χ1n) is 6.03. The zero-order valence-corrected chi connectivity index (χ0v) is 13.8. The van der Waals surface area contributed by atoms with Gasteiger partial charge in [-0.15, -0.1) is 0 Å². The Kier molecular flexibility index (Phi) is 6.04. The highest BCUT2D eigenvalue weighted by Gasteiger charge is 2.53. The van der Waals surface area contributed by atoms with Crippen molar-refractivity contribution in [2.24, 2.45) is 0 Å². The third kappa shape index (κ3) is 4.10. The second-order valence-electron chi connectivity index (χ2n) is 4.20. The first-order valence-corrected chi connectivity index (χ1v) is 8.49. The monoisotopic (exact) mass is 385 g/mol. The maximum Gasteiger partial charge on any atom is 0.361 e. The van der Waals surface area contributed by atoms with Crippen molar-refractivity contribution in [1.29, 1.82) is 0 Å². The van der Waals surface area contributed by atoms with Gasteiger partial charge in [0.05, 0.1) is 6.61 Å². The van der Waals surface area contributed by atoms with E-state index in [9.17, 15) is 23.0 Å². The molecular formula is C12H15BrF2NO4P. The van der Waals surface area contributed by atoms with E-state index in [1.54, 1.807) is 12.0 Å². The Morgan fingerprint density at radius 2 is 2.10 bits per heavy atom. The fourth-order valence-corrected chi connectivity index (χ4v) is 3.53. The second-order valence-corrected chi connectivity index (χ2v) is 7.03. The maximum absolute atomic E-state index is 14.2. The van der Waals surface area contributed by atoms with Crippen LogP contribution in [0.2, 0.25) is 0 Å². The third-order valence-corrected chi connectivity index (χ3v) is 5.02. The number of ether oxygens (including phenoxy) is 1. The van der Waals surface area contributed by atoms with E-state index in [0.717, 1.165) is 6.07 Å². The van der Waals surface area contributed by atoms with Gasteiger partial charge < -0.3 is 9.63 Å². The molecule has 0 aliphatic carbocycles.